The Balaban J connectivity index is 2.63. The summed E-state index contributed by atoms with van der Waals surface area (Å²) in [5, 5.41) is 0.637. The monoisotopic (exact) mass is 206 g/mol. The van der Waals surface area contributed by atoms with Crippen molar-refractivity contribution in [2.45, 2.75) is 19.9 Å². The fourth-order valence-corrected chi connectivity index (χ4v) is 1.71. The van der Waals surface area contributed by atoms with Crippen molar-refractivity contribution < 1.29 is 4.52 Å². The van der Waals surface area contributed by atoms with Gasteiger partial charge in [-0.25, -0.2) is 9.53 Å². The Morgan fingerprint density at radius 3 is 2.93 bits per heavy atom. The molecule has 0 fully saturated rings. The van der Waals surface area contributed by atoms with Gasteiger partial charge in [-0.15, -0.1) is 0 Å². The van der Waals surface area contributed by atoms with Gasteiger partial charge in [0.05, 0.1) is 17.4 Å². The summed E-state index contributed by atoms with van der Waals surface area (Å²) in [6.07, 6.45) is 0.818. The summed E-state index contributed by atoms with van der Waals surface area (Å²) in [4.78, 5) is 11.4. The van der Waals surface area contributed by atoms with Crippen molar-refractivity contribution in [3.63, 3.8) is 0 Å². The number of nitrogens with zero attached hydrogens (tertiary/aromatic N) is 1. The van der Waals surface area contributed by atoms with Crippen LogP contribution in [0.1, 0.15) is 12.5 Å². The van der Waals surface area contributed by atoms with Crippen molar-refractivity contribution >= 4 is 10.9 Å². The van der Waals surface area contributed by atoms with Gasteiger partial charge in [0.25, 0.3) is 0 Å². The highest BCUT2D eigenvalue weighted by Gasteiger charge is 2.07. The molecule has 0 saturated carbocycles. The SMILES string of the molecule is CCn1oc(=O)c2ccc(CCN)cc21. The summed E-state index contributed by atoms with van der Waals surface area (Å²) in [6.45, 7) is 3.21. The van der Waals surface area contributed by atoms with Crippen LogP contribution in [-0.4, -0.2) is 11.3 Å². The lowest BCUT2D eigenvalue weighted by Crippen LogP contribution is -2.02. The molecular formula is C11H14N2O2. The van der Waals surface area contributed by atoms with Crippen LogP contribution in [0.4, 0.5) is 0 Å². The first-order valence-electron chi connectivity index (χ1n) is 5.09. The molecule has 0 amide bonds. The summed E-state index contributed by atoms with van der Waals surface area (Å²) in [5.74, 6) is 0. The van der Waals surface area contributed by atoms with Gasteiger partial charge < -0.3 is 10.3 Å². The van der Waals surface area contributed by atoms with E-state index in [1.54, 1.807) is 10.8 Å². The van der Waals surface area contributed by atoms with Crippen LogP contribution in [0, 0.1) is 0 Å². The summed E-state index contributed by atoms with van der Waals surface area (Å²) >= 11 is 0. The molecule has 0 saturated heterocycles. The van der Waals surface area contributed by atoms with Gasteiger partial charge in [-0.1, -0.05) is 6.07 Å². The second-order valence-electron chi connectivity index (χ2n) is 3.46. The van der Waals surface area contributed by atoms with Crippen molar-refractivity contribution in [2.75, 3.05) is 6.54 Å². The van der Waals surface area contributed by atoms with E-state index in [1.165, 1.54) is 0 Å². The maximum absolute atomic E-state index is 11.4. The van der Waals surface area contributed by atoms with Gasteiger partial charge in [-0.3, -0.25) is 0 Å². The average Bonchev–Trinajstić information content (AvgIpc) is 2.56. The number of nitrogens with two attached hydrogens (primary N) is 1. The second kappa shape index (κ2) is 3.90. The minimum absolute atomic E-state index is 0.272. The summed E-state index contributed by atoms with van der Waals surface area (Å²) < 4.78 is 6.69. The van der Waals surface area contributed by atoms with E-state index in [2.05, 4.69) is 0 Å². The predicted octanol–water partition coefficient (Wildman–Crippen LogP) is 1.12. The third kappa shape index (κ3) is 1.68. The Morgan fingerprint density at radius 2 is 2.27 bits per heavy atom. The second-order valence-corrected chi connectivity index (χ2v) is 3.46. The molecule has 2 N–H and O–H groups in total. The van der Waals surface area contributed by atoms with E-state index in [4.69, 9.17) is 10.3 Å². The molecule has 1 aromatic heterocycles. The molecule has 0 radical (unpaired) electrons. The molecule has 0 aliphatic heterocycles. The molecule has 2 aromatic rings. The van der Waals surface area contributed by atoms with Crippen LogP contribution < -0.4 is 11.4 Å². The fraction of sp³-hybridized carbons (Fsp3) is 0.364. The third-order valence-electron chi connectivity index (χ3n) is 2.46. The highest BCUT2D eigenvalue weighted by molar-refractivity contribution is 5.78. The van der Waals surface area contributed by atoms with Crippen molar-refractivity contribution in [2.24, 2.45) is 5.73 Å². The molecule has 0 aliphatic rings. The van der Waals surface area contributed by atoms with E-state index in [-0.39, 0.29) is 5.63 Å². The fourth-order valence-electron chi connectivity index (χ4n) is 1.71. The van der Waals surface area contributed by atoms with Gasteiger partial charge in [-0.2, -0.15) is 0 Å². The van der Waals surface area contributed by atoms with Gasteiger partial charge in [0.1, 0.15) is 0 Å². The molecule has 80 valence electrons. The largest absolute Gasteiger partial charge is 0.365 e. The molecule has 4 heteroatoms. The molecule has 0 spiro atoms. The zero-order valence-corrected chi connectivity index (χ0v) is 8.69. The summed E-state index contributed by atoms with van der Waals surface area (Å²) in [5.41, 5.74) is 7.20. The summed E-state index contributed by atoms with van der Waals surface area (Å²) in [6, 6.07) is 5.70. The molecule has 1 aromatic carbocycles. The minimum Gasteiger partial charge on any atom is -0.335 e. The molecule has 2 rings (SSSR count). The van der Waals surface area contributed by atoms with Gasteiger partial charge in [-0.05, 0) is 37.6 Å². The van der Waals surface area contributed by atoms with Gasteiger partial charge in [0, 0.05) is 0 Å². The smallest absolute Gasteiger partial charge is 0.335 e. The normalized spacial score (nSPS) is 11.1. The van der Waals surface area contributed by atoms with E-state index in [0.29, 0.717) is 18.5 Å². The van der Waals surface area contributed by atoms with Crippen molar-refractivity contribution in [3.05, 3.63) is 34.2 Å². The third-order valence-corrected chi connectivity index (χ3v) is 2.46. The molecule has 4 nitrogen and oxygen atoms in total. The maximum Gasteiger partial charge on any atom is 0.365 e. The molecule has 0 aliphatic carbocycles. The Labute approximate surface area is 87.2 Å². The summed E-state index contributed by atoms with van der Waals surface area (Å²) in [7, 11) is 0. The van der Waals surface area contributed by atoms with Crippen LogP contribution in [0.15, 0.2) is 27.5 Å². The number of rotatable bonds is 3. The van der Waals surface area contributed by atoms with E-state index in [9.17, 15) is 4.79 Å². The van der Waals surface area contributed by atoms with Gasteiger partial charge in [0.15, 0.2) is 0 Å². The lowest BCUT2D eigenvalue weighted by molar-refractivity contribution is 0.270. The van der Waals surface area contributed by atoms with Crippen molar-refractivity contribution in [1.82, 2.24) is 4.74 Å². The highest BCUT2D eigenvalue weighted by atomic mass is 16.5. The Kier molecular flexibility index (Phi) is 2.60. The Bertz CT molecular complexity index is 525. The first-order chi connectivity index (χ1) is 7.26. The first kappa shape index (κ1) is 9.98. The maximum atomic E-state index is 11.4. The van der Waals surface area contributed by atoms with Crippen LogP contribution >= 0.6 is 0 Å². The quantitative estimate of drug-likeness (QED) is 0.818. The van der Waals surface area contributed by atoms with Gasteiger partial charge >= 0.3 is 5.63 Å². The molecule has 0 bridgehead atoms. The predicted molar refractivity (Wildman–Crippen MR) is 58.9 cm³/mol. The van der Waals surface area contributed by atoms with Crippen LogP contribution in [0.3, 0.4) is 0 Å². The number of hydrogen-bond donors (Lipinski definition) is 1. The molecule has 0 atom stereocenters. The van der Waals surface area contributed by atoms with Crippen LogP contribution in [0.2, 0.25) is 0 Å². The topological polar surface area (TPSA) is 61.2 Å². The van der Waals surface area contributed by atoms with E-state index in [0.717, 1.165) is 17.5 Å². The average molecular weight is 206 g/mol. The highest BCUT2D eigenvalue weighted by Crippen LogP contribution is 2.14. The van der Waals surface area contributed by atoms with E-state index >= 15 is 0 Å². The number of fused-ring (bicyclic) bond motifs is 1. The Morgan fingerprint density at radius 1 is 1.47 bits per heavy atom. The number of hydrogen-bond acceptors (Lipinski definition) is 3. The number of benzene rings is 1. The zero-order chi connectivity index (χ0) is 10.8. The lowest BCUT2D eigenvalue weighted by atomic mass is 10.1. The van der Waals surface area contributed by atoms with Crippen LogP contribution in [-0.2, 0) is 13.0 Å². The van der Waals surface area contributed by atoms with E-state index in [1.807, 2.05) is 19.1 Å². The van der Waals surface area contributed by atoms with Gasteiger partial charge in [0.2, 0.25) is 0 Å². The molecule has 1 heterocycles. The lowest BCUT2D eigenvalue weighted by Gasteiger charge is -2.00. The van der Waals surface area contributed by atoms with Crippen LogP contribution in [0.5, 0.6) is 0 Å². The minimum atomic E-state index is -0.272. The van der Waals surface area contributed by atoms with E-state index < -0.39 is 0 Å². The molecule has 15 heavy (non-hydrogen) atoms. The number of aromatic nitrogens is 1. The van der Waals surface area contributed by atoms with Crippen molar-refractivity contribution in [1.29, 1.82) is 0 Å². The van der Waals surface area contributed by atoms with Crippen molar-refractivity contribution in [3.8, 4) is 0 Å². The zero-order valence-electron chi connectivity index (χ0n) is 8.69. The van der Waals surface area contributed by atoms with Crippen LogP contribution in [0.25, 0.3) is 10.9 Å². The standard InChI is InChI=1S/C11H14N2O2/c1-2-13-10-7-8(5-6-12)3-4-9(10)11(14)15-13/h3-4,7H,2,5-6,12H2,1H3. The molecular weight excluding hydrogens is 192 g/mol. The Hall–Kier alpha value is -1.55. The molecule has 0 unspecified atom stereocenters. The number of aryl methyl sites for hydroxylation is 1. The first-order valence-corrected chi connectivity index (χ1v) is 5.09.